The number of halogens is 1. The van der Waals surface area contributed by atoms with E-state index in [1.165, 1.54) is 12.8 Å². The third kappa shape index (κ3) is 6.77. The number of rotatable bonds is 8. The lowest BCUT2D eigenvalue weighted by Gasteiger charge is -2.30. The molecule has 0 atom stereocenters. The van der Waals surface area contributed by atoms with Gasteiger partial charge in [0.1, 0.15) is 0 Å². The van der Waals surface area contributed by atoms with Crippen LogP contribution in [-0.4, -0.2) is 52.8 Å². The highest BCUT2D eigenvalue weighted by Crippen LogP contribution is 2.24. The zero-order chi connectivity index (χ0) is 26.3. The minimum atomic E-state index is -0.389. The maximum Gasteiger partial charge on any atom is 0.233 e. The molecule has 2 aliphatic rings. The lowest BCUT2D eigenvalue weighted by Crippen LogP contribution is -2.34. The summed E-state index contributed by atoms with van der Waals surface area (Å²) < 4.78 is 0. The lowest BCUT2D eigenvalue weighted by atomic mass is 10.1. The molecule has 2 aromatic carbocycles. The number of carbonyl (C=O) groups is 2. The van der Waals surface area contributed by atoms with Gasteiger partial charge in [-0.2, -0.15) is 15.0 Å². The molecule has 38 heavy (non-hydrogen) atoms. The van der Waals surface area contributed by atoms with Gasteiger partial charge in [0.15, 0.2) is 5.78 Å². The average molecular weight is 534 g/mol. The van der Waals surface area contributed by atoms with E-state index in [-0.39, 0.29) is 18.1 Å². The van der Waals surface area contributed by atoms with Crippen LogP contribution in [0.5, 0.6) is 0 Å². The summed E-state index contributed by atoms with van der Waals surface area (Å²) in [6, 6.07) is 13.8. The van der Waals surface area contributed by atoms with Gasteiger partial charge < -0.3 is 20.4 Å². The summed E-state index contributed by atoms with van der Waals surface area (Å²) in [7, 11) is 0. The zero-order valence-electron chi connectivity index (χ0n) is 21.3. The number of hydrogen-bond donors (Lipinski definition) is 2. The van der Waals surface area contributed by atoms with Gasteiger partial charge in [-0.05, 0) is 81.0 Å². The van der Waals surface area contributed by atoms with Crippen molar-refractivity contribution in [2.75, 3.05) is 46.6 Å². The fourth-order valence-electron chi connectivity index (χ4n) is 4.77. The van der Waals surface area contributed by atoms with Gasteiger partial charge in [0.05, 0.1) is 6.42 Å². The number of aromatic nitrogens is 3. The molecule has 10 heteroatoms. The number of anilines is 5. The van der Waals surface area contributed by atoms with E-state index in [9.17, 15) is 9.59 Å². The first-order valence-electron chi connectivity index (χ1n) is 13.3. The van der Waals surface area contributed by atoms with E-state index in [0.29, 0.717) is 34.1 Å². The van der Waals surface area contributed by atoms with Crippen molar-refractivity contribution in [3.05, 3.63) is 59.1 Å². The molecule has 0 spiro atoms. The molecule has 0 aliphatic carbocycles. The second kappa shape index (κ2) is 12.2. The third-order valence-corrected chi connectivity index (χ3v) is 7.02. The van der Waals surface area contributed by atoms with E-state index < -0.39 is 0 Å². The molecule has 0 saturated carbocycles. The van der Waals surface area contributed by atoms with Crippen LogP contribution in [0.3, 0.4) is 0 Å². The van der Waals surface area contributed by atoms with Crippen molar-refractivity contribution in [3.8, 4) is 0 Å². The predicted molar refractivity (Wildman–Crippen MR) is 151 cm³/mol. The van der Waals surface area contributed by atoms with Crippen LogP contribution in [0.15, 0.2) is 48.5 Å². The molecule has 2 aliphatic heterocycles. The number of carbonyl (C=O) groups excluding carboxylic acids is 2. The molecule has 5 rings (SSSR count). The molecule has 2 saturated heterocycles. The van der Waals surface area contributed by atoms with E-state index in [0.717, 1.165) is 57.5 Å². The van der Waals surface area contributed by atoms with Crippen LogP contribution in [0.25, 0.3) is 0 Å². The molecule has 2 N–H and O–H groups in total. The first-order valence-corrected chi connectivity index (χ1v) is 13.6. The Labute approximate surface area is 227 Å². The largest absolute Gasteiger partial charge is 0.341 e. The van der Waals surface area contributed by atoms with Crippen molar-refractivity contribution in [3.63, 3.8) is 0 Å². The van der Waals surface area contributed by atoms with Gasteiger partial charge in [0.2, 0.25) is 23.8 Å². The first kappa shape index (κ1) is 25.9. The van der Waals surface area contributed by atoms with E-state index in [1.54, 1.807) is 48.5 Å². The van der Waals surface area contributed by atoms with Gasteiger partial charge in [0.25, 0.3) is 0 Å². The van der Waals surface area contributed by atoms with E-state index in [2.05, 4.69) is 20.4 Å². The fraction of sp³-hybridized carbons (Fsp3) is 0.393. The summed E-state index contributed by atoms with van der Waals surface area (Å²) in [5.41, 5.74) is 1.76. The van der Waals surface area contributed by atoms with Crippen LogP contribution < -0.4 is 20.4 Å². The van der Waals surface area contributed by atoms with Gasteiger partial charge in [-0.1, -0.05) is 17.7 Å². The summed E-state index contributed by atoms with van der Waals surface area (Å²) >= 11 is 5.96. The van der Waals surface area contributed by atoms with E-state index in [1.807, 2.05) is 0 Å². The number of nitrogens with one attached hydrogen (secondary N) is 2. The summed E-state index contributed by atoms with van der Waals surface area (Å²) in [4.78, 5) is 43.7. The molecule has 0 unspecified atom stereocenters. The fourth-order valence-corrected chi connectivity index (χ4v) is 4.96. The van der Waals surface area contributed by atoms with E-state index in [4.69, 9.17) is 26.6 Å². The van der Waals surface area contributed by atoms with Crippen molar-refractivity contribution in [1.82, 2.24) is 15.0 Å². The van der Waals surface area contributed by atoms with Crippen LogP contribution >= 0.6 is 11.6 Å². The molecule has 0 radical (unpaired) electrons. The van der Waals surface area contributed by atoms with Gasteiger partial charge in [-0.15, -0.1) is 0 Å². The highest BCUT2D eigenvalue weighted by atomic mass is 35.5. The first-order chi connectivity index (χ1) is 18.5. The smallest absolute Gasteiger partial charge is 0.233 e. The standard InChI is InChI=1S/C28H32ClN7O2/c29-21-8-7-9-23(18-21)30-25(38)19-24(37)20-10-12-22(13-11-20)31-26-32-27(35-14-3-1-4-15-35)34-28(33-26)36-16-5-2-6-17-36/h7-13,18H,1-6,14-17,19H2,(H,30,38)(H,31,32,33,34). The number of nitrogens with zero attached hydrogens (tertiary/aromatic N) is 5. The van der Waals surface area contributed by atoms with Crippen molar-refractivity contribution >= 4 is 52.5 Å². The number of Topliss-reactive ketones (excluding diaryl/α,β-unsaturated/α-hetero) is 1. The normalized spacial score (nSPS) is 15.7. The summed E-state index contributed by atoms with van der Waals surface area (Å²) in [6.07, 6.45) is 6.77. The summed E-state index contributed by atoms with van der Waals surface area (Å²) in [5.74, 6) is 1.25. The van der Waals surface area contributed by atoms with Gasteiger partial charge in [-0.25, -0.2) is 0 Å². The second-order valence-electron chi connectivity index (χ2n) is 9.72. The molecular formula is C28H32ClN7O2. The Morgan fingerprint density at radius 2 is 1.37 bits per heavy atom. The Bertz CT molecular complexity index is 1240. The minimum absolute atomic E-state index is 0.259. The van der Waals surface area contributed by atoms with Crippen LogP contribution in [0.2, 0.25) is 5.02 Å². The molecular weight excluding hydrogens is 502 g/mol. The highest BCUT2D eigenvalue weighted by molar-refractivity contribution is 6.31. The maximum absolute atomic E-state index is 12.7. The predicted octanol–water partition coefficient (Wildman–Crippen LogP) is 5.46. The SMILES string of the molecule is O=C(CC(=O)c1ccc(Nc2nc(N3CCCCC3)nc(N3CCCCC3)n2)cc1)Nc1cccc(Cl)c1. The monoisotopic (exact) mass is 533 g/mol. The number of amides is 1. The quantitative estimate of drug-likeness (QED) is 0.290. The average Bonchev–Trinajstić information content (AvgIpc) is 2.94. The maximum atomic E-state index is 12.7. The Morgan fingerprint density at radius 3 is 1.95 bits per heavy atom. The molecule has 0 bridgehead atoms. The lowest BCUT2D eigenvalue weighted by molar-refractivity contribution is -0.115. The summed E-state index contributed by atoms with van der Waals surface area (Å²) in [6.45, 7) is 3.80. The number of ketones is 1. The second-order valence-corrected chi connectivity index (χ2v) is 10.2. The van der Waals surface area contributed by atoms with Crippen LogP contribution in [-0.2, 0) is 4.79 Å². The van der Waals surface area contributed by atoms with Crippen LogP contribution in [0, 0.1) is 0 Å². The van der Waals surface area contributed by atoms with E-state index >= 15 is 0 Å². The van der Waals surface area contributed by atoms with Crippen LogP contribution in [0.1, 0.15) is 55.3 Å². The number of hydrogen-bond acceptors (Lipinski definition) is 8. The van der Waals surface area contributed by atoms with Gasteiger partial charge in [0, 0.05) is 48.1 Å². The Hall–Kier alpha value is -3.72. The third-order valence-electron chi connectivity index (χ3n) is 6.78. The number of piperidine rings is 2. The molecule has 2 fully saturated rings. The molecule has 3 heterocycles. The molecule has 3 aromatic rings. The van der Waals surface area contributed by atoms with Crippen molar-refractivity contribution in [2.24, 2.45) is 0 Å². The molecule has 1 aromatic heterocycles. The number of benzene rings is 2. The van der Waals surface area contributed by atoms with Crippen molar-refractivity contribution in [2.45, 2.75) is 44.9 Å². The zero-order valence-corrected chi connectivity index (χ0v) is 22.1. The van der Waals surface area contributed by atoms with Gasteiger partial charge >= 0.3 is 0 Å². The topological polar surface area (TPSA) is 103 Å². The van der Waals surface area contributed by atoms with Gasteiger partial charge in [-0.3, -0.25) is 9.59 Å². The summed E-state index contributed by atoms with van der Waals surface area (Å²) in [5, 5.41) is 6.51. The Balaban J connectivity index is 1.26. The Kier molecular flexibility index (Phi) is 8.33. The Morgan fingerprint density at radius 1 is 0.763 bits per heavy atom. The van der Waals surface area contributed by atoms with Crippen LogP contribution in [0.4, 0.5) is 29.2 Å². The minimum Gasteiger partial charge on any atom is -0.341 e. The van der Waals surface area contributed by atoms with Crippen molar-refractivity contribution in [1.29, 1.82) is 0 Å². The van der Waals surface area contributed by atoms with Crippen molar-refractivity contribution < 1.29 is 9.59 Å². The highest BCUT2D eigenvalue weighted by Gasteiger charge is 2.20. The molecule has 198 valence electrons. The molecule has 1 amide bonds. The molecule has 9 nitrogen and oxygen atoms in total.